The van der Waals surface area contributed by atoms with Crippen molar-refractivity contribution in [1.29, 1.82) is 0 Å². The first-order chi connectivity index (χ1) is 13.6. The van der Waals surface area contributed by atoms with Crippen molar-refractivity contribution in [2.45, 2.75) is 32.6 Å². The number of nitrogens with two attached hydrogens (primary N) is 1. The van der Waals surface area contributed by atoms with E-state index in [1.807, 2.05) is 24.3 Å². The highest BCUT2D eigenvalue weighted by Gasteiger charge is 2.27. The first kappa shape index (κ1) is 20.4. The van der Waals surface area contributed by atoms with Gasteiger partial charge in [-0.15, -0.1) is 0 Å². The van der Waals surface area contributed by atoms with Gasteiger partial charge in [-0.1, -0.05) is 32.9 Å². The zero-order valence-electron chi connectivity index (χ0n) is 16.3. The molecule has 1 aliphatic heterocycles. The molecule has 1 aliphatic rings. The molecule has 0 saturated carbocycles. The Hall–Kier alpha value is -3.29. The summed E-state index contributed by atoms with van der Waals surface area (Å²) in [4.78, 5) is 23.5. The second-order valence-corrected chi connectivity index (χ2v) is 7.73. The number of hydrazone groups is 1. The first-order valence-electron chi connectivity index (χ1n) is 8.98. The van der Waals surface area contributed by atoms with E-state index in [4.69, 9.17) is 10.5 Å². The maximum atomic E-state index is 14.2. The van der Waals surface area contributed by atoms with E-state index in [-0.39, 0.29) is 30.1 Å². The van der Waals surface area contributed by atoms with Gasteiger partial charge in [-0.25, -0.2) is 13.8 Å². The number of ether oxygens (including phenoxy) is 1. The average Bonchev–Trinajstić information content (AvgIpc) is 3.01. The molecule has 0 aromatic heterocycles. The summed E-state index contributed by atoms with van der Waals surface area (Å²) >= 11 is 0. The number of carbonyl (C=O) groups excluding carboxylic acids is 2. The summed E-state index contributed by atoms with van der Waals surface area (Å²) in [5.41, 5.74) is 6.22. The highest BCUT2D eigenvalue weighted by molar-refractivity contribution is 6.13. The Morgan fingerprint density at radius 2 is 1.83 bits per heavy atom. The molecule has 0 bridgehead atoms. The van der Waals surface area contributed by atoms with Crippen molar-refractivity contribution in [1.82, 2.24) is 0 Å². The lowest BCUT2D eigenvalue weighted by atomic mass is 9.87. The molecule has 0 saturated heterocycles. The Morgan fingerprint density at radius 3 is 2.41 bits per heavy atom. The Balaban J connectivity index is 1.74. The van der Waals surface area contributed by atoms with E-state index in [2.05, 4.69) is 25.9 Å². The van der Waals surface area contributed by atoms with Gasteiger partial charge in [0, 0.05) is 0 Å². The number of benzene rings is 2. The van der Waals surface area contributed by atoms with Crippen LogP contribution in [0.25, 0.3) is 0 Å². The summed E-state index contributed by atoms with van der Waals surface area (Å²) in [5, 5.41) is 5.50. The van der Waals surface area contributed by atoms with Gasteiger partial charge in [0.25, 0.3) is 11.8 Å². The van der Waals surface area contributed by atoms with Crippen molar-refractivity contribution in [3.05, 3.63) is 59.2 Å². The van der Waals surface area contributed by atoms with Gasteiger partial charge < -0.3 is 10.5 Å². The third-order valence-electron chi connectivity index (χ3n) is 4.51. The molecule has 2 amide bonds. The Bertz CT molecular complexity index is 995. The molecule has 2 aromatic rings. The van der Waals surface area contributed by atoms with Crippen LogP contribution in [0.4, 0.5) is 14.5 Å². The minimum atomic E-state index is -1.23. The lowest BCUT2D eigenvalue weighted by Gasteiger charge is -2.20. The Labute approximate surface area is 166 Å². The van der Waals surface area contributed by atoms with E-state index in [0.29, 0.717) is 11.4 Å². The molecule has 3 rings (SSSR count). The van der Waals surface area contributed by atoms with Gasteiger partial charge in [0.05, 0.1) is 17.8 Å². The van der Waals surface area contributed by atoms with E-state index in [0.717, 1.165) is 17.7 Å². The van der Waals surface area contributed by atoms with E-state index in [9.17, 15) is 18.4 Å². The number of anilines is 1. The summed E-state index contributed by atoms with van der Waals surface area (Å²) < 4.78 is 33.1. The fourth-order valence-electron chi connectivity index (χ4n) is 2.90. The van der Waals surface area contributed by atoms with Crippen LogP contribution in [0.15, 0.2) is 41.5 Å². The molecule has 0 spiro atoms. The smallest absolute Gasteiger partial charge is 0.254 e. The first-order valence-corrected chi connectivity index (χ1v) is 8.98. The molecular weight excluding hydrogens is 380 g/mol. The molecule has 8 heteroatoms. The predicted octanol–water partition coefficient (Wildman–Crippen LogP) is 3.53. The van der Waals surface area contributed by atoms with Crippen molar-refractivity contribution >= 4 is 23.2 Å². The topological polar surface area (TPSA) is 85.0 Å². The van der Waals surface area contributed by atoms with Gasteiger partial charge in [-0.05, 0) is 35.2 Å². The molecule has 0 aliphatic carbocycles. The number of carbonyl (C=O) groups is 2. The molecule has 6 nitrogen and oxygen atoms in total. The number of nitrogens with zero attached hydrogens (tertiary/aromatic N) is 2. The third-order valence-corrected chi connectivity index (χ3v) is 4.51. The maximum absolute atomic E-state index is 14.2. The van der Waals surface area contributed by atoms with E-state index in [1.54, 1.807) is 0 Å². The van der Waals surface area contributed by atoms with Crippen molar-refractivity contribution in [2.75, 3.05) is 11.6 Å². The van der Waals surface area contributed by atoms with E-state index < -0.39 is 23.1 Å². The van der Waals surface area contributed by atoms with Crippen LogP contribution in [0.5, 0.6) is 5.75 Å². The van der Waals surface area contributed by atoms with Crippen molar-refractivity contribution < 1.29 is 23.1 Å². The second-order valence-electron chi connectivity index (χ2n) is 7.73. The summed E-state index contributed by atoms with van der Waals surface area (Å²) in [7, 11) is 0. The monoisotopic (exact) mass is 401 g/mol. The van der Waals surface area contributed by atoms with Gasteiger partial charge in [-0.2, -0.15) is 5.10 Å². The SMILES string of the molecule is CC(C)(C)c1ccc(N2N=C(COc3ccc(F)c(C(N)=O)c3F)CC2=O)cc1. The van der Waals surface area contributed by atoms with Crippen LogP contribution in [-0.2, 0) is 10.2 Å². The summed E-state index contributed by atoms with van der Waals surface area (Å²) in [5.74, 6) is -4.07. The van der Waals surface area contributed by atoms with E-state index in [1.165, 1.54) is 5.01 Å². The highest BCUT2D eigenvalue weighted by atomic mass is 19.1. The van der Waals surface area contributed by atoms with Gasteiger partial charge in [-0.3, -0.25) is 9.59 Å². The van der Waals surface area contributed by atoms with Crippen LogP contribution in [0.3, 0.4) is 0 Å². The van der Waals surface area contributed by atoms with Gasteiger partial charge in [0.15, 0.2) is 11.6 Å². The van der Waals surface area contributed by atoms with Gasteiger partial charge in [0.2, 0.25) is 0 Å². The number of halogens is 2. The van der Waals surface area contributed by atoms with Gasteiger partial charge in [0.1, 0.15) is 18.0 Å². The molecule has 152 valence electrons. The lowest BCUT2D eigenvalue weighted by molar-refractivity contribution is -0.116. The normalized spacial score (nSPS) is 14.2. The Morgan fingerprint density at radius 1 is 1.17 bits per heavy atom. The highest BCUT2D eigenvalue weighted by Crippen LogP contribution is 2.27. The molecule has 1 heterocycles. The van der Waals surface area contributed by atoms with Crippen molar-refractivity contribution in [3.63, 3.8) is 0 Å². The summed E-state index contributed by atoms with van der Waals surface area (Å²) in [6.07, 6.45) is 0.00646. The Kier molecular flexibility index (Phi) is 5.37. The minimum Gasteiger partial charge on any atom is -0.484 e. The van der Waals surface area contributed by atoms with Crippen LogP contribution in [-0.4, -0.2) is 24.1 Å². The molecule has 2 aromatic carbocycles. The number of hydrogen-bond donors (Lipinski definition) is 1. The lowest BCUT2D eigenvalue weighted by Crippen LogP contribution is -2.20. The summed E-state index contributed by atoms with van der Waals surface area (Å²) in [6.45, 7) is 6.08. The third kappa shape index (κ3) is 4.26. The fourth-order valence-corrected chi connectivity index (χ4v) is 2.90. The molecule has 0 fully saturated rings. The molecule has 0 radical (unpaired) electrons. The standard InChI is InChI=1S/C21H21F2N3O3/c1-21(2,3)12-4-6-14(7-5-12)26-17(27)10-13(25-26)11-29-16-9-8-15(22)18(19(16)23)20(24)28/h4-9H,10-11H2,1-3H3,(H2,24,28). The molecule has 0 unspecified atom stereocenters. The van der Waals surface area contributed by atoms with Crippen molar-refractivity contribution in [2.24, 2.45) is 10.8 Å². The average molecular weight is 401 g/mol. The van der Waals surface area contributed by atoms with Crippen LogP contribution in [0.1, 0.15) is 43.1 Å². The number of primary amides is 1. The number of hydrogen-bond acceptors (Lipinski definition) is 4. The quantitative estimate of drug-likeness (QED) is 0.832. The summed E-state index contributed by atoms with van der Waals surface area (Å²) in [6, 6.07) is 9.44. The molecule has 0 atom stereocenters. The van der Waals surface area contributed by atoms with Crippen LogP contribution >= 0.6 is 0 Å². The van der Waals surface area contributed by atoms with Crippen molar-refractivity contribution in [3.8, 4) is 5.75 Å². The zero-order valence-corrected chi connectivity index (χ0v) is 16.3. The fraction of sp³-hybridized carbons (Fsp3) is 0.286. The van der Waals surface area contributed by atoms with E-state index >= 15 is 0 Å². The van der Waals surface area contributed by atoms with Crippen LogP contribution in [0, 0.1) is 11.6 Å². The number of rotatable bonds is 5. The molecule has 29 heavy (non-hydrogen) atoms. The second kappa shape index (κ2) is 7.62. The van der Waals surface area contributed by atoms with Crippen LogP contribution < -0.4 is 15.5 Å². The van der Waals surface area contributed by atoms with Crippen LogP contribution in [0.2, 0.25) is 0 Å². The largest absolute Gasteiger partial charge is 0.484 e. The molecule has 2 N–H and O–H groups in total. The zero-order chi connectivity index (χ0) is 21.3. The minimum absolute atomic E-state index is 0.00646. The molecular formula is C21H21F2N3O3. The number of amides is 2. The van der Waals surface area contributed by atoms with Gasteiger partial charge >= 0.3 is 0 Å². The maximum Gasteiger partial charge on any atom is 0.254 e. The predicted molar refractivity (Wildman–Crippen MR) is 105 cm³/mol.